The molecule has 0 bridgehead atoms. The number of rotatable bonds is 5. The van der Waals surface area contributed by atoms with Crippen molar-refractivity contribution in [1.82, 2.24) is 4.90 Å². The van der Waals surface area contributed by atoms with Crippen molar-refractivity contribution >= 4 is 0 Å². The number of nitrogens with zero attached hydrogens (tertiary/aromatic N) is 1. The Hall–Kier alpha value is -2.22. The van der Waals surface area contributed by atoms with Crippen molar-refractivity contribution in [2.24, 2.45) is 5.92 Å². The third-order valence-electron chi connectivity index (χ3n) is 5.76. The monoisotopic (exact) mass is 391 g/mol. The molecule has 150 valence electrons. The number of hydrogen-bond acceptors (Lipinski definition) is 5. The van der Waals surface area contributed by atoms with E-state index in [1.807, 2.05) is 4.90 Å². The quantitative estimate of drug-likeness (QED) is 0.731. The van der Waals surface area contributed by atoms with E-state index in [0.717, 1.165) is 12.1 Å². The molecule has 2 fully saturated rings. The Kier molecular flexibility index (Phi) is 4.99. The highest BCUT2D eigenvalue weighted by Gasteiger charge is 2.52. The molecule has 1 aliphatic heterocycles. The van der Waals surface area contributed by atoms with Crippen LogP contribution < -0.4 is 4.74 Å². The molecule has 0 amide bonds. The second-order valence-corrected chi connectivity index (χ2v) is 7.86. The maximum atomic E-state index is 13.8. The van der Waals surface area contributed by atoms with Crippen LogP contribution in [-0.2, 0) is 0 Å². The molecule has 1 aliphatic carbocycles. The Balaban J connectivity index is 1.35. The summed E-state index contributed by atoms with van der Waals surface area (Å²) < 4.78 is 32.5. The van der Waals surface area contributed by atoms with Crippen molar-refractivity contribution in [2.75, 3.05) is 19.6 Å². The Morgan fingerprint density at radius 1 is 1.18 bits per heavy atom. The smallest absolute Gasteiger partial charge is 0.167 e. The Morgan fingerprint density at radius 3 is 2.61 bits per heavy atom. The zero-order valence-electron chi connectivity index (χ0n) is 15.3. The van der Waals surface area contributed by atoms with Gasteiger partial charge in [0.05, 0.1) is 11.7 Å². The molecular weight excluding hydrogens is 368 g/mol. The van der Waals surface area contributed by atoms with Crippen molar-refractivity contribution in [3.05, 3.63) is 59.7 Å². The summed E-state index contributed by atoms with van der Waals surface area (Å²) in [5.74, 6) is -1.30. The molecule has 1 heterocycles. The van der Waals surface area contributed by atoms with E-state index < -0.39 is 23.3 Å². The highest BCUT2D eigenvalue weighted by Crippen LogP contribution is 2.43. The molecule has 28 heavy (non-hydrogen) atoms. The lowest BCUT2D eigenvalue weighted by Gasteiger charge is -2.25. The number of halogens is 2. The lowest BCUT2D eigenvalue weighted by atomic mass is 9.95. The van der Waals surface area contributed by atoms with Gasteiger partial charge in [-0.1, -0.05) is 12.1 Å². The minimum atomic E-state index is -0.949. The molecule has 0 unspecified atom stereocenters. The first-order valence-electron chi connectivity index (χ1n) is 9.36. The number of likely N-dealkylation sites (tertiary alicyclic amines) is 1. The molecule has 2 aliphatic rings. The summed E-state index contributed by atoms with van der Waals surface area (Å²) in [7, 11) is 0. The van der Waals surface area contributed by atoms with Crippen LogP contribution in [0.15, 0.2) is 42.5 Å². The van der Waals surface area contributed by atoms with E-state index in [2.05, 4.69) is 0 Å². The first kappa shape index (κ1) is 19.1. The van der Waals surface area contributed by atoms with Gasteiger partial charge in [0.25, 0.3) is 0 Å². The maximum absolute atomic E-state index is 13.8. The van der Waals surface area contributed by atoms with Gasteiger partial charge in [0.2, 0.25) is 0 Å². The third-order valence-corrected chi connectivity index (χ3v) is 5.76. The molecule has 5 nitrogen and oxygen atoms in total. The summed E-state index contributed by atoms with van der Waals surface area (Å²) in [6, 6.07) is 9.60. The number of phenolic OH excluding ortho intramolecular Hbond substituents is 1. The molecule has 2 aromatic carbocycles. The van der Waals surface area contributed by atoms with Gasteiger partial charge in [-0.05, 0) is 36.2 Å². The molecule has 4 atom stereocenters. The lowest BCUT2D eigenvalue weighted by molar-refractivity contribution is 0.0175. The largest absolute Gasteiger partial charge is 0.508 e. The molecular formula is C21H23F2NO4. The fourth-order valence-electron chi connectivity index (χ4n) is 4.41. The van der Waals surface area contributed by atoms with Crippen molar-refractivity contribution in [3.8, 4) is 11.5 Å². The van der Waals surface area contributed by atoms with E-state index in [9.17, 15) is 24.1 Å². The normalized spacial score (nSPS) is 28.3. The van der Waals surface area contributed by atoms with Gasteiger partial charge < -0.3 is 20.1 Å². The summed E-state index contributed by atoms with van der Waals surface area (Å²) in [5, 5.41) is 30.8. The summed E-state index contributed by atoms with van der Waals surface area (Å²) in [4.78, 5) is 2.01. The van der Waals surface area contributed by atoms with E-state index in [1.165, 1.54) is 18.2 Å². The molecule has 4 rings (SSSR count). The molecule has 1 saturated carbocycles. The Bertz CT molecular complexity index is 847. The van der Waals surface area contributed by atoms with Gasteiger partial charge in [0.1, 0.15) is 17.7 Å². The fourth-order valence-corrected chi connectivity index (χ4v) is 4.41. The number of aromatic hydroxyl groups is 1. The van der Waals surface area contributed by atoms with Gasteiger partial charge in [-0.3, -0.25) is 4.90 Å². The van der Waals surface area contributed by atoms with Gasteiger partial charge in [-0.25, -0.2) is 8.78 Å². The molecule has 0 radical (unpaired) electrons. The van der Waals surface area contributed by atoms with E-state index in [4.69, 9.17) is 4.74 Å². The minimum absolute atomic E-state index is 0.00502. The maximum Gasteiger partial charge on any atom is 0.167 e. The number of β-amino-alcohol motifs (C(OH)–C–C–N with tert-alkyl or cyclic N) is 2. The number of aliphatic hydroxyl groups is 2. The van der Waals surface area contributed by atoms with E-state index >= 15 is 0 Å². The summed E-state index contributed by atoms with van der Waals surface area (Å²) in [6.45, 7) is 1.39. The van der Waals surface area contributed by atoms with Crippen molar-refractivity contribution in [3.63, 3.8) is 0 Å². The van der Waals surface area contributed by atoms with Crippen LogP contribution in [0.1, 0.15) is 24.5 Å². The molecule has 1 saturated heterocycles. The fraction of sp³-hybridized carbons (Fsp3) is 0.429. The number of aliphatic hydroxyl groups excluding tert-OH is 1. The number of ether oxygens (including phenoxy) is 1. The van der Waals surface area contributed by atoms with Gasteiger partial charge in [0, 0.05) is 38.0 Å². The van der Waals surface area contributed by atoms with E-state index in [-0.39, 0.29) is 23.5 Å². The van der Waals surface area contributed by atoms with Gasteiger partial charge in [0.15, 0.2) is 11.6 Å². The highest BCUT2D eigenvalue weighted by molar-refractivity contribution is 5.28. The topological polar surface area (TPSA) is 73.2 Å². The van der Waals surface area contributed by atoms with Crippen LogP contribution in [0.4, 0.5) is 8.78 Å². The molecule has 0 spiro atoms. The predicted octanol–water partition coefficient (Wildman–Crippen LogP) is 2.61. The number of phenols is 1. The van der Waals surface area contributed by atoms with Crippen LogP contribution in [0, 0.1) is 17.6 Å². The van der Waals surface area contributed by atoms with Crippen molar-refractivity contribution in [1.29, 1.82) is 0 Å². The van der Waals surface area contributed by atoms with Gasteiger partial charge in [-0.2, -0.15) is 0 Å². The average molecular weight is 391 g/mol. The van der Waals surface area contributed by atoms with Crippen molar-refractivity contribution in [2.45, 2.75) is 30.7 Å². The molecule has 0 aromatic heterocycles. The second kappa shape index (κ2) is 7.31. The number of hydrogen-bond donors (Lipinski definition) is 3. The van der Waals surface area contributed by atoms with Crippen LogP contribution in [0.25, 0.3) is 0 Å². The van der Waals surface area contributed by atoms with Crippen LogP contribution in [-0.4, -0.2) is 51.6 Å². The SMILES string of the molecule is Oc1ccc([C@H](O)CN2C[C@@H]3C[C@@H](Oc4ccc(F)cc4F)C[C@]3(O)C2)cc1. The standard InChI is InChI=1S/C21H23F2NO4/c22-15-3-6-20(18(23)8-15)28-17-7-14-10-24(12-21(14,27)9-17)11-19(26)13-1-4-16(25)5-2-13/h1-6,8,14,17,19,25-27H,7,9-12H2/t14-,17+,19+,21-/m0/s1. The average Bonchev–Trinajstić information content (AvgIpc) is 3.08. The van der Waals surface area contributed by atoms with Crippen LogP contribution in [0.2, 0.25) is 0 Å². The van der Waals surface area contributed by atoms with E-state index in [0.29, 0.717) is 38.0 Å². The first-order chi connectivity index (χ1) is 13.3. The zero-order chi connectivity index (χ0) is 19.9. The van der Waals surface area contributed by atoms with Crippen LogP contribution >= 0.6 is 0 Å². The third kappa shape index (κ3) is 3.83. The lowest BCUT2D eigenvalue weighted by Crippen LogP contribution is -2.36. The minimum Gasteiger partial charge on any atom is -0.508 e. The van der Waals surface area contributed by atoms with Crippen LogP contribution in [0.3, 0.4) is 0 Å². The highest BCUT2D eigenvalue weighted by atomic mass is 19.1. The van der Waals surface area contributed by atoms with Crippen LogP contribution in [0.5, 0.6) is 11.5 Å². The predicted molar refractivity (Wildman–Crippen MR) is 98.0 cm³/mol. The summed E-state index contributed by atoms with van der Waals surface area (Å²) in [5.41, 5.74) is -0.245. The first-order valence-corrected chi connectivity index (χ1v) is 9.36. The van der Waals surface area contributed by atoms with Gasteiger partial charge >= 0.3 is 0 Å². The van der Waals surface area contributed by atoms with Gasteiger partial charge in [-0.15, -0.1) is 0 Å². The van der Waals surface area contributed by atoms with Crippen molar-refractivity contribution < 1.29 is 28.8 Å². The summed E-state index contributed by atoms with van der Waals surface area (Å²) in [6.07, 6.45) is -0.123. The molecule has 3 N–H and O–H groups in total. The Morgan fingerprint density at radius 2 is 1.93 bits per heavy atom. The second-order valence-electron chi connectivity index (χ2n) is 7.86. The van der Waals surface area contributed by atoms with E-state index in [1.54, 1.807) is 12.1 Å². The molecule has 7 heteroatoms. The summed E-state index contributed by atoms with van der Waals surface area (Å²) >= 11 is 0. The number of benzene rings is 2. The Labute approximate surface area is 161 Å². The molecule has 2 aromatic rings. The zero-order valence-corrected chi connectivity index (χ0v) is 15.3. The number of fused-ring (bicyclic) bond motifs is 1.